The van der Waals surface area contributed by atoms with Crippen LogP contribution < -0.4 is 5.56 Å². The Hall–Kier alpha value is -1.73. The molecule has 0 unspecified atom stereocenters. The van der Waals surface area contributed by atoms with Crippen LogP contribution in [0.3, 0.4) is 0 Å². The molecule has 7 heteroatoms. The quantitative estimate of drug-likeness (QED) is 0.696. The molecule has 0 radical (unpaired) electrons. The van der Waals surface area contributed by atoms with Gasteiger partial charge in [0.1, 0.15) is 11.6 Å². The average molecular weight is 310 g/mol. The predicted octanol–water partition coefficient (Wildman–Crippen LogP) is 3.33. The van der Waals surface area contributed by atoms with Crippen molar-refractivity contribution in [1.82, 2.24) is 9.38 Å². The molecular formula is C13H8F2N2OS2. The molecule has 2 aromatic heterocycles. The molecule has 3 nitrogen and oxygen atoms in total. The average Bonchev–Trinajstić information content (AvgIpc) is 2.86. The van der Waals surface area contributed by atoms with Gasteiger partial charge in [-0.05, 0) is 12.1 Å². The summed E-state index contributed by atoms with van der Waals surface area (Å²) in [5.41, 5.74) is 0.414. The van der Waals surface area contributed by atoms with E-state index in [1.54, 1.807) is 11.6 Å². The molecule has 0 saturated carbocycles. The van der Waals surface area contributed by atoms with Crippen molar-refractivity contribution in [3.8, 4) is 0 Å². The lowest BCUT2D eigenvalue weighted by Gasteiger charge is -2.03. The van der Waals surface area contributed by atoms with Crippen LogP contribution in [0.4, 0.5) is 8.78 Å². The van der Waals surface area contributed by atoms with Crippen LogP contribution in [-0.2, 0) is 5.75 Å². The monoisotopic (exact) mass is 310 g/mol. The second kappa shape index (κ2) is 5.34. The Balaban J connectivity index is 1.84. The first-order valence-corrected chi connectivity index (χ1v) is 7.53. The second-order valence-electron chi connectivity index (χ2n) is 4.00. The molecule has 1 aromatic carbocycles. The van der Waals surface area contributed by atoms with Crippen molar-refractivity contribution in [2.24, 2.45) is 0 Å². The summed E-state index contributed by atoms with van der Waals surface area (Å²) in [6.07, 6.45) is 1.66. The molecule has 0 bridgehead atoms. The number of thioether (sulfide) groups is 1. The lowest BCUT2D eigenvalue weighted by atomic mass is 10.3. The number of thiazole rings is 1. The third kappa shape index (κ3) is 2.59. The van der Waals surface area contributed by atoms with Crippen molar-refractivity contribution in [2.45, 2.75) is 10.6 Å². The zero-order chi connectivity index (χ0) is 14.1. The number of aromatic nitrogens is 2. The standard InChI is InChI=1S/C13H8F2N2OS2/c14-8-1-2-11(10(15)5-8)20-7-9-6-12(18)17-3-4-19-13(17)16-9/h1-6H,7H2. The summed E-state index contributed by atoms with van der Waals surface area (Å²) in [7, 11) is 0. The maximum atomic E-state index is 13.5. The molecule has 0 amide bonds. The largest absolute Gasteiger partial charge is 0.269 e. The van der Waals surface area contributed by atoms with Gasteiger partial charge in [0, 0.05) is 34.4 Å². The van der Waals surface area contributed by atoms with Crippen LogP contribution in [0.5, 0.6) is 0 Å². The molecular weight excluding hydrogens is 302 g/mol. The molecule has 3 aromatic rings. The van der Waals surface area contributed by atoms with E-state index in [1.165, 1.54) is 45.7 Å². The van der Waals surface area contributed by atoms with Crippen LogP contribution in [0.1, 0.15) is 5.69 Å². The topological polar surface area (TPSA) is 34.4 Å². The first kappa shape index (κ1) is 13.3. The maximum Gasteiger partial charge on any atom is 0.258 e. The van der Waals surface area contributed by atoms with Gasteiger partial charge in [-0.1, -0.05) is 0 Å². The van der Waals surface area contributed by atoms with E-state index in [4.69, 9.17) is 0 Å². The summed E-state index contributed by atoms with van der Waals surface area (Å²) in [6.45, 7) is 0. The number of rotatable bonds is 3. The fourth-order valence-corrected chi connectivity index (χ4v) is 3.26. The van der Waals surface area contributed by atoms with Crippen LogP contribution in [-0.4, -0.2) is 9.38 Å². The SMILES string of the molecule is O=c1cc(CSc2ccc(F)cc2F)nc2sccn12. The first-order chi connectivity index (χ1) is 9.63. The van der Waals surface area contributed by atoms with Crippen LogP contribution in [0.2, 0.25) is 0 Å². The maximum absolute atomic E-state index is 13.5. The smallest absolute Gasteiger partial charge is 0.258 e. The summed E-state index contributed by atoms with van der Waals surface area (Å²) in [4.78, 5) is 17.0. The van der Waals surface area contributed by atoms with Crippen LogP contribution in [0, 0.1) is 11.6 Å². The zero-order valence-corrected chi connectivity index (χ0v) is 11.7. The lowest BCUT2D eigenvalue weighted by molar-refractivity contribution is 0.565. The summed E-state index contributed by atoms with van der Waals surface area (Å²) in [5, 5.41) is 1.78. The third-order valence-corrected chi connectivity index (χ3v) is 4.46. The molecule has 0 N–H and O–H groups in total. The molecule has 0 fully saturated rings. The van der Waals surface area contributed by atoms with E-state index in [0.717, 1.165) is 6.07 Å². The number of halogens is 2. The van der Waals surface area contributed by atoms with E-state index in [2.05, 4.69) is 4.98 Å². The number of hydrogen-bond acceptors (Lipinski definition) is 4. The first-order valence-electron chi connectivity index (χ1n) is 5.67. The normalized spacial score (nSPS) is 11.1. The Morgan fingerprint density at radius 1 is 1.30 bits per heavy atom. The fraction of sp³-hybridized carbons (Fsp3) is 0.0769. The number of benzene rings is 1. The van der Waals surface area contributed by atoms with Gasteiger partial charge >= 0.3 is 0 Å². The Kier molecular flexibility index (Phi) is 3.54. The van der Waals surface area contributed by atoms with Gasteiger partial charge in [-0.25, -0.2) is 13.8 Å². The Morgan fingerprint density at radius 2 is 2.15 bits per heavy atom. The lowest BCUT2D eigenvalue weighted by Crippen LogP contribution is -2.12. The van der Waals surface area contributed by atoms with Gasteiger partial charge in [0.2, 0.25) is 0 Å². The van der Waals surface area contributed by atoms with Crippen molar-refractivity contribution in [2.75, 3.05) is 0 Å². The van der Waals surface area contributed by atoms with Crippen LogP contribution >= 0.6 is 23.1 Å². The van der Waals surface area contributed by atoms with E-state index in [0.29, 0.717) is 21.3 Å². The zero-order valence-electron chi connectivity index (χ0n) is 10.0. The molecule has 102 valence electrons. The minimum atomic E-state index is -0.608. The molecule has 0 atom stereocenters. The highest BCUT2D eigenvalue weighted by molar-refractivity contribution is 7.98. The van der Waals surface area contributed by atoms with Gasteiger partial charge in [0.15, 0.2) is 4.96 Å². The van der Waals surface area contributed by atoms with Gasteiger partial charge in [-0.3, -0.25) is 9.20 Å². The number of hydrogen-bond donors (Lipinski definition) is 0. The molecule has 0 aliphatic heterocycles. The highest BCUT2D eigenvalue weighted by atomic mass is 32.2. The van der Waals surface area contributed by atoms with Crippen molar-refractivity contribution < 1.29 is 8.78 Å². The van der Waals surface area contributed by atoms with Crippen molar-refractivity contribution in [3.63, 3.8) is 0 Å². The number of fused-ring (bicyclic) bond motifs is 1. The second-order valence-corrected chi connectivity index (χ2v) is 5.89. The van der Waals surface area contributed by atoms with E-state index < -0.39 is 11.6 Å². The highest BCUT2D eigenvalue weighted by Gasteiger charge is 2.07. The Bertz CT molecular complexity index is 829. The van der Waals surface area contributed by atoms with Crippen LogP contribution in [0.15, 0.2) is 45.5 Å². The molecule has 0 spiro atoms. The van der Waals surface area contributed by atoms with Gasteiger partial charge in [-0.2, -0.15) is 0 Å². The molecule has 0 aliphatic carbocycles. The predicted molar refractivity (Wildman–Crippen MR) is 75.3 cm³/mol. The summed E-state index contributed by atoms with van der Waals surface area (Å²) in [5.74, 6) is -0.862. The van der Waals surface area contributed by atoms with Gasteiger partial charge in [-0.15, -0.1) is 23.1 Å². The van der Waals surface area contributed by atoms with E-state index >= 15 is 0 Å². The fourth-order valence-electron chi connectivity index (χ4n) is 1.71. The minimum Gasteiger partial charge on any atom is -0.269 e. The third-order valence-electron chi connectivity index (χ3n) is 2.63. The highest BCUT2D eigenvalue weighted by Crippen LogP contribution is 2.25. The molecule has 0 aliphatic rings. The van der Waals surface area contributed by atoms with Gasteiger partial charge < -0.3 is 0 Å². The molecule has 3 rings (SSSR count). The Morgan fingerprint density at radius 3 is 2.95 bits per heavy atom. The van der Waals surface area contributed by atoms with E-state index in [1.807, 2.05) is 0 Å². The van der Waals surface area contributed by atoms with Crippen molar-refractivity contribution in [3.05, 3.63) is 63.5 Å². The summed E-state index contributed by atoms with van der Waals surface area (Å²) >= 11 is 2.54. The summed E-state index contributed by atoms with van der Waals surface area (Å²) < 4.78 is 27.7. The molecule has 0 saturated heterocycles. The van der Waals surface area contributed by atoms with Crippen LogP contribution in [0.25, 0.3) is 4.96 Å². The van der Waals surface area contributed by atoms with E-state index in [-0.39, 0.29) is 5.56 Å². The Labute approximate surface area is 120 Å². The molecule has 2 heterocycles. The minimum absolute atomic E-state index is 0.161. The van der Waals surface area contributed by atoms with E-state index in [9.17, 15) is 13.6 Å². The van der Waals surface area contributed by atoms with Crippen molar-refractivity contribution in [1.29, 1.82) is 0 Å². The number of nitrogens with zero attached hydrogens (tertiary/aromatic N) is 2. The summed E-state index contributed by atoms with van der Waals surface area (Å²) in [6, 6.07) is 4.85. The van der Waals surface area contributed by atoms with Gasteiger partial charge in [0.25, 0.3) is 5.56 Å². The van der Waals surface area contributed by atoms with Crippen molar-refractivity contribution >= 4 is 28.1 Å². The van der Waals surface area contributed by atoms with Gasteiger partial charge in [0.05, 0.1) is 5.69 Å². The molecule has 20 heavy (non-hydrogen) atoms.